The average Bonchev–Trinajstić information content (AvgIpc) is 3.28. The summed E-state index contributed by atoms with van der Waals surface area (Å²) in [6.45, 7) is 1.42. The lowest BCUT2D eigenvalue weighted by molar-refractivity contribution is -0.142. The molecule has 3 heterocycles. The maximum Gasteiger partial charge on any atom is 0.417 e. The van der Waals surface area contributed by atoms with E-state index in [0.717, 1.165) is 11.3 Å². The molecule has 11 nitrogen and oxygen atoms in total. The van der Waals surface area contributed by atoms with E-state index >= 15 is 0 Å². The van der Waals surface area contributed by atoms with Crippen LogP contribution in [0.1, 0.15) is 24.0 Å². The van der Waals surface area contributed by atoms with Crippen LogP contribution in [-0.4, -0.2) is 65.1 Å². The molecular formula is C25H26BrN5O6. The number of rotatable bonds is 5. The number of nitrogens with zero attached hydrogens (tertiary/aromatic N) is 2. The molecule has 2 aliphatic rings. The van der Waals surface area contributed by atoms with Crippen LogP contribution >= 0.6 is 15.9 Å². The van der Waals surface area contributed by atoms with Crippen LogP contribution in [0.2, 0.25) is 0 Å². The van der Waals surface area contributed by atoms with Gasteiger partial charge in [0.25, 0.3) is 0 Å². The number of oxazole rings is 1. The second-order valence-corrected chi connectivity index (χ2v) is 9.98. The Morgan fingerprint density at radius 2 is 1.97 bits per heavy atom. The molecule has 3 N–H and O–H groups in total. The minimum atomic E-state index is -0.936. The van der Waals surface area contributed by atoms with Crippen molar-refractivity contribution in [2.24, 2.45) is 0 Å². The molecule has 1 unspecified atom stereocenters. The van der Waals surface area contributed by atoms with Crippen molar-refractivity contribution in [2.75, 3.05) is 25.5 Å². The van der Waals surface area contributed by atoms with Crippen molar-refractivity contribution in [2.45, 2.75) is 37.9 Å². The highest BCUT2D eigenvalue weighted by atomic mass is 79.9. The zero-order valence-corrected chi connectivity index (χ0v) is 21.7. The van der Waals surface area contributed by atoms with Gasteiger partial charge in [0.1, 0.15) is 11.6 Å². The van der Waals surface area contributed by atoms with Crippen molar-refractivity contribution in [1.82, 2.24) is 20.1 Å². The monoisotopic (exact) mass is 571 g/mol. The van der Waals surface area contributed by atoms with Crippen molar-refractivity contribution in [3.05, 3.63) is 62.5 Å². The number of aromatic nitrogens is 1. The predicted octanol–water partition coefficient (Wildman–Crippen LogP) is 3.19. The van der Waals surface area contributed by atoms with Crippen LogP contribution in [0.4, 0.5) is 15.3 Å². The largest absolute Gasteiger partial charge is 0.467 e. The maximum absolute atomic E-state index is 13.1. The standard InChI is InChI=1S/C25H26BrN5O6/c1-36-22(32)19(11-14-10-17(26)21-20(12-14)37-25(35)29-21)28-23(33)30-8-6-16(7-9-30)31-13-15-4-2-3-5-18(15)27-24(31)34/h2-5,10,12,16,19H,6-9,11,13H2,1H3,(H,27,34)(H,28,33)(H,29,35). The number of carbonyl (C=O) groups is 3. The van der Waals surface area contributed by atoms with Gasteiger partial charge < -0.3 is 29.6 Å². The van der Waals surface area contributed by atoms with Gasteiger partial charge in [-0.15, -0.1) is 0 Å². The summed E-state index contributed by atoms with van der Waals surface area (Å²) < 4.78 is 10.7. The van der Waals surface area contributed by atoms with Crippen molar-refractivity contribution in [1.29, 1.82) is 0 Å². The van der Waals surface area contributed by atoms with Crippen LogP contribution in [0.15, 0.2) is 50.1 Å². The number of halogens is 1. The third-order valence-corrected chi connectivity index (χ3v) is 7.45. The van der Waals surface area contributed by atoms with Gasteiger partial charge >= 0.3 is 23.8 Å². The Bertz CT molecular complexity index is 1410. The number of anilines is 1. The average molecular weight is 572 g/mol. The molecule has 5 rings (SSSR count). The molecule has 0 radical (unpaired) electrons. The molecule has 0 spiro atoms. The third kappa shape index (κ3) is 5.19. The number of para-hydroxylation sites is 1. The molecule has 0 saturated carbocycles. The highest BCUT2D eigenvalue weighted by Crippen LogP contribution is 2.28. The molecule has 2 aromatic carbocycles. The summed E-state index contributed by atoms with van der Waals surface area (Å²) in [6, 6.07) is 9.69. The topological polar surface area (TPSA) is 137 Å². The highest BCUT2D eigenvalue weighted by molar-refractivity contribution is 9.10. The Balaban J connectivity index is 1.22. The number of methoxy groups -OCH3 is 1. The first-order valence-corrected chi connectivity index (χ1v) is 12.7. The number of carbonyl (C=O) groups excluding carboxylic acids is 3. The molecule has 3 aromatic rings. The van der Waals surface area contributed by atoms with Gasteiger partial charge in [-0.2, -0.15) is 0 Å². The lowest BCUT2D eigenvalue weighted by Crippen LogP contribution is -2.54. The molecule has 194 valence electrons. The molecule has 2 aliphatic heterocycles. The quantitative estimate of drug-likeness (QED) is 0.402. The van der Waals surface area contributed by atoms with E-state index < -0.39 is 17.8 Å². The summed E-state index contributed by atoms with van der Waals surface area (Å²) in [4.78, 5) is 55.8. The smallest absolute Gasteiger partial charge is 0.417 e. The minimum Gasteiger partial charge on any atom is -0.467 e. The molecule has 1 saturated heterocycles. The van der Waals surface area contributed by atoms with E-state index in [9.17, 15) is 19.2 Å². The highest BCUT2D eigenvalue weighted by Gasteiger charge is 2.33. The lowest BCUT2D eigenvalue weighted by atomic mass is 10.0. The van der Waals surface area contributed by atoms with E-state index in [1.54, 1.807) is 17.0 Å². The second-order valence-electron chi connectivity index (χ2n) is 9.13. The zero-order chi connectivity index (χ0) is 26.1. The van der Waals surface area contributed by atoms with E-state index in [-0.39, 0.29) is 24.5 Å². The Labute approximate surface area is 220 Å². The Hall–Kier alpha value is -3.80. The summed E-state index contributed by atoms with van der Waals surface area (Å²) in [5.74, 6) is -1.17. The first-order chi connectivity index (χ1) is 17.8. The van der Waals surface area contributed by atoms with E-state index in [4.69, 9.17) is 9.15 Å². The fraction of sp³-hybridized carbons (Fsp3) is 0.360. The number of aromatic amines is 1. The minimum absolute atomic E-state index is 0.00824. The van der Waals surface area contributed by atoms with Crippen molar-refractivity contribution < 1.29 is 23.5 Å². The van der Waals surface area contributed by atoms with Gasteiger partial charge in [0, 0.05) is 42.3 Å². The summed E-state index contributed by atoms with van der Waals surface area (Å²) in [5.41, 5.74) is 3.43. The zero-order valence-electron chi connectivity index (χ0n) is 20.1. The Morgan fingerprint density at radius 1 is 1.22 bits per heavy atom. The summed E-state index contributed by atoms with van der Waals surface area (Å²) in [6.07, 6.45) is 1.40. The number of esters is 1. The van der Waals surface area contributed by atoms with Gasteiger partial charge in [0.05, 0.1) is 7.11 Å². The van der Waals surface area contributed by atoms with Crippen molar-refractivity contribution in [3.63, 3.8) is 0 Å². The van der Waals surface area contributed by atoms with Gasteiger partial charge in [-0.1, -0.05) is 18.2 Å². The SMILES string of the molecule is COC(=O)C(Cc1cc(Br)c2[nH]c(=O)oc2c1)NC(=O)N1CCC(N2Cc3ccccc3NC2=O)CC1. The van der Waals surface area contributed by atoms with Gasteiger partial charge in [-0.25, -0.2) is 19.2 Å². The van der Waals surface area contributed by atoms with Crippen LogP contribution in [-0.2, 0) is 22.5 Å². The first-order valence-electron chi connectivity index (χ1n) is 11.9. The number of hydrogen-bond donors (Lipinski definition) is 3. The van der Waals surface area contributed by atoms with Crippen LogP contribution in [0.3, 0.4) is 0 Å². The van der Waals surface area contributed by atoms with E-state index in [2.05, 4.69) is 31.5 Å². The summed E-state index contributed by atoms with van der Waals surface area (Å²) >= 11 is 3.40. The maximum atomic E-state index is 13.1. The number of urea groups is 2. The number of nitrogens with one attached hydrogen (secondary N) is 3. The predicted molar refractivity (Wildman–Crippen MR) is 138 cm³/mol. The first kappa shape index (κ1) is 24.9. The van der Waals surface area contributed by atoms with Gasteiger partial charge in [0.15, 0.2) is 5.58 Å². The van der Waals surface area contributed by atoms with Crippen LogP contribution in [0.25, 0.3) is 11.1 Å². The van der Waals surface area contributed by atoms with Crippen molar-refractivity contribution >= 4 is 50.7 Å². The fourth-order valence-electron chi connectivity index (χ4n) is 4.89. The second kappa shape index (κ2) is 10.3. The molecule has 1 aromatic heterocycles. The molecule has 1 fully saturated rings. The van der Waals surface area contributed by atoms with Crippen LogP contribution in [0.5, 0.6) is 0 Å². The van der Waals surface area contributed by atoms with Crippen LogP contribution in [0, 0.1) is 0 Å². The molecule has 1 atom stereocenters. The number of piperidine rings is 1. The van der Waals surface area contributed by atoms with Gasteiger partial charge in [-0.3, -0.25) is 4.98 Å². The lowest BCUT2D eigenvalue weighted by Gasteiger charge is -2.40. The number of H-pyrrole nitrogens is 1. The van der Waals surface area contributed by atoms with Crippen LogP contribution < -0.4 is 16.4 Å². The molecule has 4 amide bonds. The van der Waals surface area contributed by atoms with E-state index in [1.165, 1.54) is 7.11 Å². The third-order valence-electron chi connectivity index (χ3n) is 6.82. The molecule has 0 aliphatic carbocycles. The number of ether oxygens (including phenoxy) is 1. The summed E-state index contributed by atoms with van der Waals surface area (Å²) in [5, 5.41) is 5.72. The Kier molecular flexibility index (Phi) is 6.92. The molecule has 37 heavy (non-hydrogen) atoms. The number of benzene rings is 2. The van der Waals surface area contributed by atoms with Crippen molar-refractivity contribution in [3.8, 4) is 0 Å². The molecular weight excluding hydrogens is 546 g/mol. The van der Waals surface area contributed by atoms with E-state index in [0.29, 0.717) is 53.6 Å². The number of amides is 4. The number of hydrogen-bond acceptors (Lipinski definition) is 6. The van der Waals surface area contributed by atoms with Gasteiger partial charge in [0.2, 0.25) is 0 Å². The number of fused-ring (bicyclic) bond motifs is 2. The molecule has 0 bridgehead atoms. The fourth-order valence-corrected chi connectivity index (χ4v) is 5.48. The van der Waals surface area contributed by atoms with Gasteiger partial charge in [-0.05, 0) is 58.1 Å². The number of likely N-dealkylation sites (tertiary alicyclic amines) is 1. The summed E-state index contributed by atoms with van der Waals surface area (Å²) in [7, 11) is 1.26. The normalized spacial score (nSPS) is 16.8. The molecule has 12 heteroatoms. The van der Waals surface area contributed by atoms with E-state index in [1.807, 2.05) is 29.2 Å². The Morgan fingerprint density at radius 3 is 2.73 bits per heavy atom.